The Kier molecular flexibility index (Phi) is 2.79. The number of nitrogens with two attached hydrogens (primary N) is 1. The van der Waals surface area contributed by atoms with Crippen LogP contribution in [0, 0.1) is 0 Å². The summed E-state index contributed by atoms with van der Waals surface area (Å²) in [6.45, 7) is 2.21. The highest BCUT2D eigenvalue weighted by Crippen LogP contribution is 2.41. The Balaban J connectivity index is 2.23. The van der Waals surface area contributed by atoms with Crippen LogP contribution in [-0.4, -0.2) is 5.54 Å². The van der Waals surface area contributed by atoms with Gasteiger partial charge >= 0.3 is 0 Å². The quantitative estimate of drug-likeness (QED) is 0.769. The van der Waals surface area contributed by atoms with E-state index in [9.17, 15) is 0 Å². The van der Waals surface area contributed by atoms with Crippen molar-refractivity contribution in [2.45, 2.75) is 38.1 Å². The first-order valence-electron chi connectivity index (χ1n) is 5.49. The first kappa shape index (κ1) is 10.6. The summed E-state index contributed by atoms with van der Waals surface area (Å²) in [7, 11) is 0. The molecule has 82 valence electrons. The fourth-order valence-corrected chi connectivity index (χ4v) is 2.34. The summed E-state index contributed by atoms with van der Waals surface area (Å²) in [5, 5.41) is 4.24. The van der Waals surface area contributed by atoms with E-state index in [1.54, 1.807) is 0 Å². The molecule has 0 unspecified atom stereocenters. The van der Waals surface area contributed by atoms with Crippen LogP contribution >= 0.6 is 11.6 Å². The van der Waals surface area contributed by atoms with Crippen LogP contribution in [-0.2, 0) is 0 Å². The van der Waals surface area contributed by atoms with Gasteiger partial charge in [-0.3, -0.25) is 0 Å². The molecule has 0 aromatic heterocycles. The molecule has 3 heteroatoms. The second kappa shape index (κ2) is 3.93. The number of anilines is 2. The van der Waals surface area contributed by atoms with E-state index in [2.05, 4.69) is 12.2 Å². The first-order chi connectivity index (χ1) is 7.17. The highest BCUT2D eigenvalue weighted by molar-refractivity contribution is 6.33. The van der Waals surface area contributed by atoms with Gasteiger partial charge in [0.05, 0.1) is 16.4 Å². The maximum Gasteiger partial charge on any atom is 0.0767 e. The summed E-state index contributed by atoms with van der Waals surface area (Å²) in [6.07, 6.45) is 4.85. The summed E-state index contributed by atoms with van der Waals surface area (Å²) in [4.78, 5) is 0. The van der Waals surface area contributed by atoms with Crippen molar-refractivity contribution in [2.75, 3.05) is 11.1 Å². The number of nitrogen functional groups attached to an aromatic ring is 1. The van der Waals surface area contributed by atoms with E-state index in [1.807, 2.05) is 18.2 Å². The molecule has 1 aliphatic rings. The molecule has 1 aromatic carbocycles. The third kappa shape index (κ3) is 1.91. The molecule has 0 amide bonds. The maximum absolute atomic E-state index is 6.13. The molecule has 0 bridgehead atoms. The molecule has 3 N–H and O–H groups in total. The smallest absolute Gasteiger partial charge is 0.0767 e. The van der Waals surface area contributed by atoms with Crippen LogP contribution < -0.4 is 11.1 Å². The zero-order chi connectivity index (χ0) is 10.9. The zero-order valence-corrected chi connectivity index (χ0v) is 9.77. The van der Waals surface area contributed by atoms with E-state index < -0.39 is 0 Å². The number of hydrogen-bond acceptors (Lipinski definition) is 2. The molecule has 0 heterocycles. The third-order valence-electron chi connectivity index (χ3n) is 3.42. The molecule has 2 nitrogen and oxygen atoms in total. The van der Waals surface area contributed by atoms with Gasteiger partial charge in [0, 0.05) is 5.54 Å². The van der Waals surface area contributed by atoms with Crippen LogP contribution in [0.15, 0.2) is 18.2 Å². The van der Waals surface area contributed by atoms with Crippen LogP contribution in [0.5, 0.6) is 0 Å². The SMILES string of the molecule is CCC1(Nc2c(N)cccc2Cl)CCC1. The standard InChI is InChI=1S/C12H17ClN2/c1-2-12(7-4-8-12)15-11-9(13)5-3-6-10(11)14/h3,5-6,15H,2,4,7-8,14H2,1H3. The summed E-state index contributed by atoms with van der Waals surface area (Å²) < 4.78 is 0. The number of benzene rings is 1. The van der Waals surface area contributed by atoms with Gasteiger partial charge in [-0.2, -0.15) is 0 Å². The zero-order valence-electron chi connectivity index (χ0n) is 9.02. The molecule has 15 heavy (non-hydrogen) atoms. The van der Waals surface area contributed by atoms with Crippen molar-refractivity contribution in [1.29, 1.82) is 0 Å². The summed E-state index contributed by atoms with van der Waals surface area (Å²) in [6, 6.07) is 5.64. The van der Waals surface area contributed by atoms with Gasteiger partial charge in [-0.1, -0.05) is 24.6 Å². The van der Waals surface area contributed by atoms with Crippen LogP contribution in [0.25, 0.3) is 0 Å². The minimum absolute atomic E-state index is 0.235. The van der Waals surface area contributed by atoms with E-state index in [0.29, 0.717) is 0 Å². The average Bonchev–Trinajstić information content (AvgIpc) is 2.15. The molecule has 1 fully saturated rings. The lowest BCUT2D eigenvalue weighted by Gasteiger charge is -2.43. The first-order valence-corrected chi connectivity index (χ1v) is 5.87. The minimum Gasteiger partial charge on any atom is -0.397 e. The summed E-state index contributed by atoms with van der Waals surface area (Å²) >= 11 is 6.13. The highest BCUT2D eigenvalue weighted by Gasteiger charge is 2.35. The molecule has 1 aromatic rings. The largest absolute Gasteiger partial charge is 0.397 e. The molecule has 0 spiro atoms. The lowest BCUT2D eigenvalue weighted by atomic mass is 9.74. The second-order valence-corrected chi connectivity index (χ2v) is 4.72. The van der Waals surface area contributed by atoms with Gasteiger partial charge in [-0.05, 0) is 37.8 Å². The number of halogens is 1. The summed E-state index contributed by atoms with van der Waals surface area (Å²) in [5.74, 6) is 0. The Morgan fingerprint density at radius 2 is 2.20 bits per heavy atom. The van der Waals surface area contributed by atoms with E-state index >= 15 is 0 Å². The van der Waals surface area contributed by atoms with Crippen molar-refractivity contribution in [3.8, 4) is 0 Å². The van der Waals surface area contributed by atoms with Gasteiger partial charge in [-0.15, -0.1) is 0 Å². The Morgan fingerprint density at radius 1 is 1.47 bits per heavy atom. The second-order valence-electron chi connectivity index (χ2n) is 4.32. The van der Waals surface area contributed by atoms with E-state index in [0.717, 1.165) is 22.8 Å². The van der Waals surface area contributed by atoms with Crippen LogP contribution in [0.4, 0.5) is 11.4 Å². The molecule has 1 aliphatic carbocycles. The maximum atomic E-state index is 6.13. The molecular formula is C12H17ClN2. The van der Waals surface area contributed by atoms with Crippen molar-refractivity contribution in [1.82, 2.24) is 0 Å². The highest BCUT2D eigenvalue weighted by atomic mass is 35.5. The predicted octanol–water partition coefficient (Wildman–Crippen LogP) is 3.67. The normalized spacial score (nSPS) is 18.3. The minimum atomic E-state index is 0.235. The Morgan fingerprint density at radius 3 is 2.67 bits per heavy atom. The topological polar surface area (TPSA) is 38.0 Å². The number of nitrogens with one attached hydrogen (secondary N) is 1. The van der Waals surface area contributed by atoms with Crippen LogP contribution in [0.1, 0.15) is 32.6 Å². The average molecular weight is 225 g/mol. The fourth-order valence-electron chi connectivity index (χ4n) is 2.11. The van der Waals surface area contributed by atoms with Gasteiger partial charge in [-0.25, -0.2) is 0 Å². The molecule has 1 saturated carbocycles. The van der Waals surface area contributed by atoms with E-state index in [1.165, 1.54) is 19.3 Å². The van der Waals surface area contributed by atoms with Gasteiger partial charge in [0.2, 0.25) is 0 Å². The lowest BCUT2D eigenvalue weighted by molar-refractivity contribution is 0.270. The molecule has 0 aliphatic heterocycles. The third-order valence-corrected chi connectivity index (χ3v) is 3.74. The van der Waals surface area contributed by atoms with Crippen molar-refractivity contribution < 1.29 is 0 Å². The summed E-state index contributed by atoms with van der Waals surface area (Å²) in [5.41, 5.74) is 7.79. The predicted molar refractivity (Wildman–Crippen MR) is 66.4 cm³/mol. The van der Waals surface area contributed by atoms with Crippen molar-refractivity contribution in [3.05, 3.63) is 23.2 Å². The number of para-hydroxylation sites is 1. The Hall–Kier alpha value is -0.890. The Bertz CT molecular complexity index is 333. The molecule has 0 radical (unpaired) electrons. The van der Waals surface area contributed by atoms with E-state index in [-0.39, 0.29) is 5.54 Å². The van der Waals surface area contributed by atoms with Gasteiger partial charge in [0.15, 0.2) is 0 Å². The number of hydrogen-bond donors (Lipinski definition) is 2. The van der Waals surface area contributed by atoms with Gasteiger partial charge in [0.1, 0.15) is 0 Å². The molecule has 2 rings (SSSR count). The van der Waals surface area contributed by atoms with Crippen LogP contribution in [0.3, 0.4) is 0 Å². The molecule has 0 saturated heterocycles. The molecule has 0 atom stereocenters. The van der Waals surface area contributed by atoms with Gasteiger partial charge < -0.3 is 11.1 Å². The van der Waals surface area contributed by atoms with Crippen molar-refractivity contribution >= 4 is 23.0 Å². The molecular weight excluding hydrogens is 208 g/mol. The number of rotatable bonds is 3. The van der Waals surface area contributed by atoms with Crippen molar-refractivity contribution in [3.63, 3.8) is 0 Å². The van der Waals surface area contributed by atoms with E-state index in [4.69, 9.17) is 17.3 Å². The Labute approximate surface area is 95.8 Å². The van der Waals surface area contributed by atoms with Crippen LogP contribution in [0.2, 0.25) is 5.02 Å². The lowest BCUT2D eigenvalue weighted by Crippen LogP contribution is -2.44. The monoisotopic (exact) mass is 224 g/mol. The van der Waals surface area contributed by atoms with Gasteiger partial charge in [0.25, 0.3) is 0 Å². The van der Waals surface area contributed by atoms with Crippen molar-refractivity contribution in [2.24, 2.45) is 0 Å². The fraction of sp³-hybridized carbons (Fsp3) is 0.500.